The molecule has 2 rings (SSSR count). The second-order valence-corrected chi connectivity index (χ2v) is 5.42. The molecule has 0 heterocycles. The van der Waals surface area contributed by atoms with Crippen LogP contribution in [-0.2, 0) is 6.54 Å². The zero-order chi connectivity index (χ0) is 15.2. The van der Waals surface area contributed by atoms with Gasteiger partial charge in [-0.05, 0) is 30.2 Å². The summed E-state index contributed by atoms with van der Waals surface area (Å²) in [7, 11) is 0. The lowest BCUT2D eigenvalue weighted by atomic mass is 10.1. The second kappa shape index (κ2) is 7.46. The van der Waals surface area contributed by atoms with E-state index in [4.69, 9.17) is 11.6 Å². The van der Waals surface area contributed by atoms with Crippen LogP contribution < -0.4 is 4.90 Å². The first-order valence-electron chi connectivity index (χ1n) is 6.99. The second-order valence-electron chi connectivity index (χ2n) is 5.02. The zero-order valence-corrected chi connectivity index (χ0v) is 12.8. The Bertz CT molecular complexity index is 572. The van der Waals surface area contributed by atoms with E-state index in [1.165, 1.54) is 0 Å². The van der Waals surface area contributed by atoms with Gasteiger partial charge in [-0.2, -0.15) is 0 Å². The molecule has 0 unspecified atom stereocenters. The van der Waals surface area contributed by atoms with Crippen molar-refractivity contribution in [2.75, 3.05) is 18.1 Å². The summed E-state index contributed by atoms with van der Waals surface area (Å²) in [6.07, 6.45) is -0.544. The van der Waals surface area contributed by atoms with Gasteiger partial charge < -0.3 is 15.1 Å². The summed E-state index contributed by atoms with van der Waals surface area (Å²) in [6.45, 7) is 2.94. The van der Waals surface area contributed by atoms with Crippen LogP contribution in [0.2, 0.25) is 5.02 Å². The summed E-state index contributed by atoms with van der Waals surface area (Å²) in [5.41, 5.74) is 2.80. The van der Waals surface area contributed by atoms with E-state index in [0.717, 1.165) is 16.8 Å². The average molecular weight is 306 g/mol. The van der Waals surface area contributed by atoms with E-state index in [0.29, 0.717) is 18.1 Å². The molecule has 0 aliphatic heterocycles. The molecule has 4 heteroatoms. The van der Waals surface area contributed by atoms with Crippen LogP contribution >= 0.6 is 11.6 Å². The lowest BCUT2D eigenvalue weighted by Crippen LogP contribution is -2.26. The fraction of sp³-hybridized carbons (Fsp3) is 0.294. The Balaban J connectivity index is 2.25. The first kappa shape index (κ1) is 15.8. The maximum absolute atomic E-state index is 9.60. The molecule has 3 nitrogen and oxygen atoms in total. The minimum atomic E-state index is -0.544. The maximum atomic E-state index is 9.60. The maximum Gasteiger partial charge on any atom is 0.0762 e. The van der Waals surface area contributed by atoms with Gasteiger partial charge in [0.05, 0.1) is 23.4 Å². The number of hydrogen-bond acceptors (Lipinski definition) is 3. The van der Waals surface area contributed by atoms with Crippen molar-refractivity contribution in [3.8, 4) is 0 Å². The molecule has 112 valence electrons. The molecular weight excluding hydrogens is 286 g/mol. The highest BCUT2D eigenvalue weighted by molar-refractivity contribution is 6.33. The van der Waals surface area contributed by atoms with Crippen LogP contribution in [0, 0.1) is 0 Å². The van der Waals surface area contributed by atoms with Crippen molar-refractivity contribution in [2.45, 2.75) is 19.6 Å². The molecule has 0 saturated carbocycles. The standard InChI is InChI=1S/C17H20ClNO2/c1-13(21)15-7-8-17(16(18)11-15)19(9-10-20)12-14-5-3-2-4-6-14/h2-8,11,13,20-21H,9-10,12H2,1H3/t13-/m0/s1. The molecule has 0 spiro atoms. The van der Waals surface area contributed by atoms with E-state index in [2.05, 4.69) is 0 Å². The quantitative estimate of drug-likeness (QED) is 0.860. The fourth-order valence-corrected chi connectivity index (χ4v) is 2.56. The van der Waals surface area contributed by atoms with Crippen LogP contribution in [-0.4, -0.2) is 23.4 Å². The highest BCUT2D eigenvalue weighted by Gasteiger charge is 2.12. The molecule has 1 atom stereocenters. The third-order valence-electron chi connectivity index (χ3n) is 3.38. The number of aliphatic hydroxyl groups excluding tert-OH is 2. The lowest BCUT2D eigenvalue weighted by Gasteiger charge is -2.25. The summed E-state index contributed by atoms with van der Waals surface area (Å²) in [4.78, 5) is 2.03. The van der Waals surface area contributed by atoms with Crippen LogP contribution in [0.3, 0.4) is 0 Å². The SMILES string of the molecule is C[C@H](O)c1ccc(N(CCO)Cc2ccccc2)c(Cl)c1. The van der Waals surface area contributed by atoms with Gasteiger partial charge in [0.15, 0.2) is 0 Å². The molecule has 2 aromatic carbocycles. The molecule has 0 amide bonds. The number of rotatable bonds is 6. The normalized spacial score (nSPS) is 12.2. The first-order valence-corrected chi connectivity index (χ1v) is 7.37. The Morgan fingerprint density at radius 2 is 1.86 bits per heavy atom. The fourth-order valence-electron chi connectivity index (χ4n) is 2.25. The Kier molecular flexibility index (Phi) is 5.62. The minimum absolute atomic E-state index is 0.0569. The smallest absolute Gasteiger partial charge is 0.0762 e. The Labute approximate surface area is 130 Å². The summed E-state index contributed by atoms with van der Waals surface area (Å²) in [5, 5.41) is 19.5. The van der Waals surface area contributed by atoms with E-state index in [1.54, 1.807) is 13.0 Å². The zero-order valence-electron chi connectivity index (χ0n) is 12.0. The molecule has 0 radical (unpaired) electrons. The van der Waals surface area contributed by atoms with Crippen LogP contribution in [0.5, 0.6) is 0 Å². The summed E-state index contributed by atoms with van der Waals surface area (Å²) in [5.74, 6) is 0. The summed E-state index contributed by atoms with van der Waals surface area (Å²) < 4.78 is 0. The van der Waals surface area contributed by atoms with Crippen molar-refractivity contribution in [3.63, 3.8) is 0 Å². The van der Waals surface area contributed by atoms with Gasteiger partial charge in [-0.15, -0.1) is 0 Å². The van der Waals surface area contributed by atoms with E-state index in [9.17, 15) is 10.2 Å². The van der Waals surface area contributed by atoms with Gasteiger partial charge in [-0.1, -0.05) is 48.0 Å². The van der Waals surface area contributed by atoms with Gasteiger partial charge in [-0.3, -0.25) is 0 Å². The number of halogens is 1. The van der Waals surface area contributed by atoms with Crippen LogP contribution in [0.25, 0.3) is 0 Å². The van der Waals surface area contributed by atoms with Gasteiger partial charge in [0.25, 0.3) is 0 Å². The molecule has 21 heavy (non-hydrogen) atoms. The predicted molar refractivity (Wildman–Crippen MR) is 86.7 cm³/mol. The number of hydrogen-bond donors (Lipinski definition) is 2. The first-order chi connectivity index (χ1) is 10.1. The lowest BCUT2D eigenvalue weighted by molar-refractivity contribution is 0.199. The molecule has 0 bridgehead atoms. The monoisotopic (exact) mass is 305 g/mol. The molecule has 0 aliphatic rings. The number of anilines is 1. The van der Waals surface area contributed by atoms with Crippen LogP contribution in [0.1, 0.15) is 24.2 Å². The molecule has 0 aromatic heterocycles. The van der Waals surface area contributed by atoms with Crippen LogP contribution in [0.4, 0.5) is 5.69 Å². The molecule has 0 saturated heterocycles. The molecule has 2 aromatic rings. The van der Waals surface area contributed by atoms with Gasteiger partial charge in [0, 0.05) is 13.1 Å². The molecule has 2 N–H and O–H groups in total. The minimum Gasteiger partial charge on any atom is -0.395 e. The highest BCUT2D eigenvalue weighted by atomic mass is 35.5. The summed E-state index contributed by atoms with van der Waals surface area (Å²) in [6, 6.07) is 15.6. The van der Waals surface area contributed by atoms with E-state index >= 15 is 0 Å². The van der Waals surface area contributed by atoms with Gasteiger partial charge in [0.2, 0.25) is 0 Å². The van der Waals surface area contributed by atoms with Gasteiger partial charge in [-0.25, -0.2) is 0 Å². The van der Waals surface area contributed by atoms with Gasteiger partial charge >= 0.3 is 0 Å². The van der Waals surface area contributed by atoms with E-state index < -0.39 is 6.10 Å². The third kappa shape index (κ3) is 4.21. The predicted octanol–water partition coefficient (Wildman–Crippen LogP) is 3.39. The van der Waals surface area contributed by atoms with Crippen molar-refractivity contribution in [1.29, 1.82) is 0 Å². The number of aliphatic hydroxyl groups is 2. The van der Waals surface area contributed by atoms with Crippen molar-refractivity contribution in [1.82, 2.24) is 0 Å². The average Bonchev–Trinajstić information content (AvgIpc) is 2.48. The van der Waals surface area contributed by atoms with E-state index in [-0.39, 0.29) is 6.61 Å². The molecular formula is C17H20ClNO2. The topological polar surface area (TPSA) is 43.7 Å². The summed E-state index contributed by atoms with van der Waals surface area (Å²) >= 11 is 6.34. The third-order valence-corrected chi connectivity index (χ3v) is 3.68. The van der Waals surface area contributed by atoms with Crippen molar-refractivity contribution >= 4 is 17.3 Å². The highest BCUT2D eigenvalue weighted by Crippen LogP contribution is 2.30. The van der Waals surface area contributed by atoms with Gasteiger partial charge in [0.1, 0.15) is 0 Å². The largest absolute Gasteiger partial charge is 0.395 e. The van der Waals surface area contributed by atoms with Crippen LogP contribution in [0.15, 0.2) is 48.5 Å². The molecule has 0 fully saturated rings. The Hall–Kier alpha value is -1.55. The Morgan fingerprint density at radius 1 is 1.14 bits per heavy atom. The number of nitrogens with zero attached hydrogens (tertiary/aromatic N) is 1. The van der Waals surface area contributed by atoms with E-state index in [1.807, 2.05) is 47.4 Å². The van der Waals surface area contributed by atoms with Crippen molar-refractivity contribution in [3.05, 3.63) is 64.7 Å². The Morgan fingerprint density at radius 3 is 2.43 bits per heavy atom. The molecule has 0 aliphatic carbocycles. The van der Waals surface area contributed by atoms with Crippen molar-refractivity contribution < 1.29 is 10.2 Å². The number of benzene rings is 2. The van der Waals surface area contributed by atoms with Crippen molar-refractivity contribution in [2.24, 2.45) is 0 Å².